The highest BCUT2D eigenvalue weighted by Gasteiger charge is 2.39. The number of carbonyl (C=O) groups is 2. The van der Waals surface area contributed by atoms with Crippen LogP contribution in [0.1, 0.15) is 28.9 Å². The zero-order chi connectivity index (χ0) is 18.8. The highest BCUT2D eigenvalue weighted by molar-refractivity contribution is 5.93. The first-order valence-corrected chi connectivity index (χ1v) is 9.45. The molecule has 5 rings (SSSR count). The van der Waals surface area contributed by atoms with Gasteiger partial charge in [-0.15, -0.1) is 0 Å². The molecule has 1 aromatic heterocycles. The third kappa shape index (κ3) is 3.65. The number of benzene rings is 1. The maximum atomic E-state index is 12.9. The molecule has 0 radical (unpaired) electrons. The number of pyridine rings is 1. The summed E-state index contributed by atoms with van der Waals surface area (Å²) in [6, 6.07) is 13.1. The smallest absolute Gasteiger partial charge is 0.322 e. The van der Waals surface area contributed by atoms with Crippen molar-refractivity contribution in [2.24, 2.45) is 5.92 Å². The zero-order valence-corrected chi connectivity index (χ0v) is 15.5. The molecule has 1 N–H and O–H groups in total. The Bertz CT molecular complexity index is 839. The van der Waals surface area contributed by atoms with E-state index in [1.807, 2.05) is 47.1 Å². The van der Waals surface area contributed by atoms with Crippen LogP contribution in [0.2, 0.25) is 0 Å². The first-order chi connectivity index (χ1) is 13.1. The summed E-state index contributed by atoms with van der Waals surface area (Å²) in [4.78, 5) is 33.7. The molecule has 0 saturated carbocycles. The van der Waals surface area contributed by atoms with E-state index in [1.165, 1.54) is 0 Å². The number of hydrogen-bond acceptors (Lipinski definition) is 3. The first kappa shape index (κ1) is 17.5. The summed E-state index contributed by atoms with van der Waals surface area (Å²) in [6.45, 7) is 3.92. The third-order valence-corrected chi connectivity index (χ3v) is 5.53. The Balaban J connectivity index is 1.49. The van der Waals surface area contributed by atoms with Crippen LogP contribution in [-0.2, 0) is 0 Å². The van der Waals surface area contributed by atoms with Gasteiger partial charge in [0, 0.05) is 31.5 Å². The molecular weight excluding hydrogens is 340 g/mol. The molecule has 6 nitrogen and oxygen atoms in total. The molecule has 1 aromatic carbocycles. The van der Waals surface area contributed by atoms with Gasteiger partial charge in [-0.1, -0.05) is 24.3 Å². The number of para-hydroxylation sites is 1. The molecule has 4 heterocycles. The number of carbonyl (C=O) groups excluding carboxylic acids is 2. The van der Waals surface area contributed by atoms with E-state index in [0.29, 0.717) is 31.2 Å². The number of amides is 3. The van der Waals surface area contributed by atoms with Gasteiger partial charge in [0.2, 0.25) is 0 Å². The maximum absolute atomic E-state index is 12.9. The van der Waals surface area contributed by atoms with E-state index in [0.717, 1.165) is 24.1 Å². The number of anilines is 1. The largest absolute Gasteiger partial charge is 0.335 e. The minimum Gasteiger partial charge on any atom is -0.335 e. The van der Waals surface area contributed by atoms with Gasteiger partial charge in [0.1, 0.15) is 5.69 Å². The molecule has 6 heteroatoms. The number of nitrogens with zero attached hydrogens (tertiary/aromatic N) is 3. The van der Waals surface area contributed by atoms with Gasteiger partial charge in [-0.3, -0.25) is 9.78 Å². The molecule has 3 saturated heterocycles. The molecule has 2 bridgehead atoms. The van der Waals surface area contributed by atoms with Crippen molar-refractivity contribution in [2.75, 3.05) is 25.0 Å². The third-order valence-electron chi connectivity index (χ3n) is 5.53. The Hall–Kier alpha value is -2.89. The van der Waals surface area contributed by atoms with Gasteiger partial charge >= 0.3 is 6.03 Å². The number of aryl methyl sites for hydroxylation is 1. The SMILES string of the molecule is Cc1ccccc1NC(=O)N1C[C@H]2CC[C@@H]1CN(C(=O)c1ccccn1)C2. The van der Waals surface area contributed by atoms with Crippen molar-refractivity contribution >= 4 is 17.6 Å². The number of hydrogen-bond donors (Lipinski definition) is 1. The first-order valence-electron chi connectivity index (χ1n) is 9.45. The quantitative estimate of drug-likeness (QED) is 0.890. The Morgan fingerprint density at radius 2 is 1.85 bits per heavy atom. The fourth-order valence-electron chi connectivity index (χ4n) is 4.05. The molecule has 3 fully saturated rings. The second-order valence-corrected chi connectivity index (χ2v) is 7.42. The predicted octanol–water partition coefficient (Wildman–Crippen LogP) is 3.16. The number of aromatic nitrogens is 1. The van der Waals surface area contributed by atoms with Crippen LogP contribution in [0.4, 0.5) is 10.5 Å². The van der Waals surface area contributed by atoms with Crippen molar-refractivity contribution in [3.05, 3.63) is 59.9 Å². The fraction of sp³-hybridized carbons (Fsp3) is 0.381. The van der Waals surface area contributed by atoms with Crippen molar-refractivity contribution in [3.63, 3.8) is 0 Å². The molecule has 0 spiro atoms. The van der Waals surface area contributed by atoms with E-state index < -0.39 is 0 Å². The summed E-state index contributed by atoms with van der Waals surface area (Å²) >= 11 is 0. The van der Waals surface area contributed by atoms with Gasteiger partial charge in [0.15, 0.2) is 0 Å². The summed E-state index contributed by atoms with van der Waals surface area (Å²) in [5.74, 6) is 0.257. The Labute approximate surface area is 159 Å². The van der Waals surface area contributed by atoms with Gasteiger partial charge in [0.05, 0.1) is 6.04 Å². The van der Waals surface area contributed by atoms with Crippen molar-refractivity contribution in [1.82, 2.24) is 14.8 Å². The summed E-state index contributed by atoms with van der Waals surface area (Å²) in [5, 5.41) is 3.04. The average Bonchev–Trinajstić information content (AvgIpc) is 3.02. The van der Waals surface area contributed by atoms with Crippen molar-refractivity contribution < 1.29 is 9.59 Å². The normalized spacial score (nSPS) is 21.7. The van der Waals surface area contributed by atoms with E-state index >= 15 is 0 Å². The van der Waals surface area contributed by atoms with Crippen LogP contribution >= 0.6 is 0 Å². The lowest BCUT2D eigenvalue weighted by molar-refractivity contribution is 0.0737. The van der Waals surface area contributed by atoms with Crippen LogP contribution in [0, 0.1) is 12.8 Å². The Kier molecular flexibility index (Phi) is 4.79. The van der Waals surface area contributed by atoms with E-state index in [4.69, 9.17) is 0 Å². The van der Waals surface area contributed by atoms with Crippen LogP contribution in [-0.4, -0.2) is 52.4 Å². The topological polar surface area (TPSA) is 65.5 Å². The predicted molar refractivity (Wildman–Crippen MR) is 104 cm³/mol. The minimum absolute atomic E-state index is 0.0421. The van der Waals surface area contributed by atoms with Crippen LogP contribution in [0.15, 0.2) is 48.7 Å². The monoisotopic (exact) mass is 364 g/mol. The summed E-state index contributed by atoms with van der Waals surface area (Å²) in [7, 11) is 0. The molecular formula is C21H24N4O2. The standard InChI is InChI=1S/C21H24N4O2/c1-15-6-2-3-7-18(15)23-21(27)25-13-16-9-10-17(25)14-24(12-16)20(26)19-8-4-5-11-22-19/h2-8,11,16-17H,9-10,12-14H2,1H3,(H,23,27)/t16-,17+/m0/s1. The molecule has 0 unspecified atom stereocenters. The zero-order valence-electron chi connectivity index (χ0n) is 15.5. The molecule has 27 heavy (non-hydrogen) atoms. The summed E-state index contributed by atoms with van der Waals surface area (Å²) < 4.78 is 0. The number of fused-ring (bicyclic) bond motifs is 4. The molecule has 3 amide bonds. The Morgan fingerprint density at radius 3 is 2.63 bits per heavy atom. The number of piperidine rings is 1. The van der Waals surface area contributed by atoms with Gasteiger partial charge in [-0.05, 0) is 49.4 Å². The van der Waals surface area contributed by atoms with Crippen molar-refractivity contribution in [2.45, 2.75) is 25.8 Å². The lowest BCUT2D eigenvalue weighted by Crippen LogP contribution is -2.49. The van der Waals surface area contributed by atoms with Crippen LogP contribution in [0.25, 0.3) is 0 Å². The van der Waals surface area contributed by atoms with Crippen molar-refractivity contribution in [1.29, 1.82) is 0 Å². The maximum Gasteiger partial charge on any atom is 0.322 e. The van der Waals surface area contributed by atoms with Crippen LogP contribution < -0.4 is 5.32 Å². The second kappa shape index (κ2) is 7.39. The number of rotatable bonds is 2. The van der Waals surface area contributed by atoms with Gasteiger partial charge in [-0.25, -0.2) is 4.79 Å². The lowest BCUT2D eigenvalue weighted by atomic mass is 9.95. The van der Waals surface area contributed by atoms with E-state index in [2.05, 4.69) is 10.3 Å². The van der Waals surface area contributed by atoms with Crippen molar-refractivity contribution in [3.8, 4) is 0 Å². The molecule has 2 atom stereocenters. The van der Waals surface area contributed by atoms with E-state index in [1.54, 1.807) is 18.3 Å². The average molecular weight is 364 g/mol. The summed E-state index contributed by atoms with van der Waals surface area (Å²) in [5.41, 5.74) is 2.34. The highest BCUT2D eigenvalue weighted by atomic mass is 16.2. The Morgan fingerprint density at radius 1 is 1.04 bits per heavy atom. The van der Waals surface area contributed by atoms with Crippen LogP contribution in [0.5, 0.6) is 0 Å². The van der Waals surface area contributed by atoms with Gasteiger partial charge in [0.25, 0.3) is 5.91 Å². The minimum atomic E-state index is -0.0777. The molecule has 2 aromatic rings. The fourth-order valence-corrected chi connectivity index (χ4v) is 4.05. The highest BCUT2D eigenvalue weighted by Crippen LogP contribution is 2.29. The molecule has 140 valence electrons. The lowest BCUT2D eigenvalue weighted by Gasteiger charge is -2.36. The second-order valence-electron chi connectivity index (χ2n) is 7.42. The van der Waals surface area contributed by atoms with Crippen LogP contribution in [0.3, 0.4) is 0 Å². The molecule has 0 aliphatic carbocycles. The van der Waals surface area contributed by atoms with E-state index in [-0.39, 0.29) is 18.0 Å². The summed E-state index contributed by atoms with van der Waals surface area (Å²) in [6.07, 6.45) is 3.62. The molecule has 3 aliphatic rings. The van der Waals surface area contributed by atoms with Gasteiger partial charge < -0.3 is 15.1 Å². The van der Waals surface area contributed by atoms with Gasteiger partial charge in [-0.2, -0.15) is 0 Å². The van der Waals surface area contributed by atoms with E-state index in [9.17, 15) is 9.59 Å². The molecule has 3 aliphatic heterocycles. The number of nitrogens with one attached hydrogen (secondary N) is 1. The number of urea groups is 1.